The summed E-state index contributed by atoms with van der Waals surface area (Å²) in [5.41, 5.74) is 0. The first-order valence-electron chi connectivity index (χ1n) is 4.79. The molecule has 0 aromatic rings. The number of epoxide rings is 1. The molecule has 3 nitrogen and oxygen atoms in total. The van der Waals surface area contributed by atoms with Gasteiger partial charge in [0.25, 0.3) is 0 Å². The highest BCUT2D eigenvalue weighted by Gasteiger charge is 2.22. The molecule has 0 radical (unpaired) electrons. The van der Waals surface area contributed by atoms with E-state index in [0.29, 0.717) is 19.3 Å². The molecule has 0 N–H and O–H groups in total. The Kier molecular flexibility index (Phi) is 5.32. The molecule has 1 heterocycles. The van der Waals surface area contributed by atoms with Crippen LogP contribution in [0.4, 0.5) is 0 Å². The third-order valence-corrected chi connectivity index (χ3v) is 1.82. The molecule has 1 aliphatic rings. The summed E-state index contributed by atoms with van der Waals surface area (Å²) in [6.45, 7) is 4.33. The van der Waals surface area contributed by atoms with Crippen LogP contribution in [0.25, 0.3) is 0 Å². The highest BCUT2D eigenvalue weighted by Crippen LogP contribution is 2.08. The fourth-order valence-corrected chi connectivity index (χ4v) is 0.935. The predicted molar refractivity (Wildman–Crippen MR) is 45.8 cm³/mol. The summed E-state index contributed by atoms with van der Waals surface area (Å²) in [6.07, 6.45) is 5.19. The van der Waals surface area contributed by atoms with Crippen molar-refractivity contribution in [2.24, 2.45) is 0 Å². The van der Waals surface area contributed by atoms with Crippen molar-refractivity contribution in [2.75, 3.05) is 19.8 Å². The Balaban J connectivity index is 1.65. The monoisotopic (exact) mass is 174 g/mol. The van der Waals surface area contributed by atoms with Gasteiger partial charge in [-0.3, -0.25) is 0 Å². The van der Waals surface area contributed by atoms with Gasteiger partial charge in [0.1, 0.15) is 12.7 Å². The van der Waals surface area contributed by atoms with E-state index in [1.165, 1.54) is 19.3 Å². The van der Waals surface area contributed by atoms with Gasteiger partial charge >= 0.3 is 0 Å². The van der Waals surface area contributed by atoms with Gasteiger partial charge in [0.2, 0.25) is 0 Å². The molecule has 1 saturated heterocycles. The molecular formula is C9H18O3. The van der Waals surface area contributed by atoms with Gasteiger partial charge in [-0.05, 0) is 6.42 Å². The number of unbranched alkanes of at least 4 members (excludes halogenated alkanes) is 3. The van der Waals surface area contributed by atoms with Crippen molar-refractivity contribution in [3.05, 3.63) is 0 Å². The first kappa shape index (κ1) is 9.96. The maximum atomic E-state index is 4.95. The lowest BCUT2D eigenvalue weighted by molar-refractivity contribution is -0.296. The van der Waals surface area contributed by atoms with Crippen molar-refractivity contribution in [2.45, 2.75) is 38.7 Å². The maximum Gasteiger partial charge on any atom is 0.111 e. The fraction of sp³-hybridized carbons (Fsp3) is 1.00. The SMILES string of the molecule is CCCCCCOOCC1CO1. The van der Waals surface area contributed by atoms with E-state index in [1.54, 1.807) is 0 Å². The van der Waals surface area contributed by atoms with Crippen molar-refractivity contribution in [3.63, 3.8) is 0 Å². The standard InChI is InChI=1S/C9H18O3/c1-2-3-4-5-6-11-12-8-9-7-10-9/h9H,2-8H2,1H3. The van der Waals surface area contributed by atoms with Crippen LogP contribution in [0.15, 0.2) is 0 Å². The largest absolute Gasteiger partial charge is 0.370 e. The zero-order valence-electron chi connectivity index (χ0n) is 7.75. The molecule has 12 heavy (non-hydrogen) atoms. The van der Waals surface area contributed by atoms with Crippen molar-refractivity contribution in [3.8, 4) is 0 Å². The minimum atomic E-state index is 0.306. The van der Waals surface area contributed by atoms with Gasteiger partial charge in [-0.2, -0.15) is 0 Å². The van der Waals surface area contributed by atoms with Crippen LogP contribution in [0.1, 0.15) is 32.6 Å². The third kappa shape index (κ3) is 5.52. The Bertz CT molecular complexity index is 102. The van der Waals surface area contributed by atoms with E-state index in [0.717, 1.165) is 13.0 Å². The summed E-state index contributed by atoms with van der Waals surface area (Å²) >= 11 is 0. The topological polar surface area (TPSA) is 31.0 Å². The van der Waals surface area contributed by atoms with E-state index in [9.17, 15) is 0 Å². The van der Waals surface area contributed by atoms with Gasteiger partial charge in [0.05, 0.1) is 13.2 Å². The summed E-state index contributed by atoms with van der Waals surface area (Å²) in [5.74, 6) is 0. The molecule has 1 aliphatic heterocycles. The minimum Gasteiger partial charge on any atom is -0.370 e. The molecule has 0 amide bonds. The molecular weight excluding hydrogens is 156 g/mol. The van der Waals surface area contributed by atoms with Gasteiger partial charge in [0.15, 0.2) is 0 Å². The summed E-state index contributed by atoms with van der Waals surface area (Å²) < 4.78 is 4.95. The van der Waals surface area contributed by atoms with Crippen molar-refractivity contribution in [1.29, 1.82) is 0 Å². The average Bonchev–Trinajstić information content (AvgIpc) is 2.87. The smallest absolute Gasteiger partial charge is 0.111 e. The van der Waals surface area contributed by atoms with Crippen LogP contribution in [-0.2, 0) is 14.5 Å². The van der Waals surface area contributed by atoms with E-state index >= 15 is 0 Å². The molecule has 1 rings (SSSR count). The first-order valence-corrected chi connectivity index (χ1v) is 4.79. The van der Waals surface area contributed by atoms with Crippen LogP contribution in [0.5, 0.6) is 0 Å². The lowest BCUT2D eigenvalue weighted by Crippen LogP contribution is -2.03. The summed E-state index contributed by atoms with van der Waals surface area (Å²) in [6, 6.07) is 0. The summed E-state index contributed by atoms with van der Waals surface area (Å²) in [4.78, 5) is 9.86. The number of rotatable bonds is 8. The lowest BCUT2D eigenvalue weighted by atomic mass is 10.2. The Labute approximate surface area is 73.9 Å². The molecule has 0 aromatic heterocycles. The van der Waals surface area contributed by atoms with E-state index in [2.05, 4.69) is 6.92 Å². The highest BCUT2D eigenvalue weighted by molar-refractivity contribution is 4.65. The van der Waals surface area contributed by atoms with E-state index in [1.807, 2.05) is 0 Å². The van der Waals surface area contributed by atoms with Crippen LogP contribution in [0.3, 0.4) is 0 Å². The van der Waals surface area contributed by atoms with Gasteiger partial charge in [0, 0.05) is 0 Å². The van der Waals surface area contributed by atoms with Crippen LogP contribution in [0, 0.1) is 0 Å². The quantitative estimate of drug-likeness (QED) is 0.244. The normalized spacial score (nSPS) is 21.2. The molecule has 1 unspecified atom stereocenters. The van der Waals surface area contributed by atoms with Crippen LogP contribution < -0.4 is 0 Å². The molecule has 0 bridgehead atoms. The van der Waals surface area contributed by atoms with E-state index in [4.69, 9.17) is 14.5 Å². The Hall–Kier alpha value is -0.120. The van der Waals surface area contributed by atoms with Crippen molar-refractivity contribution >= 4 is 0 Å². The molecule has 3 heteroatoms. The third-order valence-electron chi connectivity index (χ3n) is 1.82. The second-order valence-corrected chi connectivity index (χ2v) is 3.12. The fourth-order valence-electron chi connectivity index (χ4n) is 0.935. The number of ether oxygens (including phenoxy) is 1. The van der Waals surface area contributed by atoms with Gasteiger partial charge in [-0.15, -0.1) is 0 Å². The molecule has 0 aromatic carbocycles. The molecule has 0 spiro atoms. The first-order chi connectivity index (χ1) is 5.93. The lowest BCUT2D eigenvalue weighted by Gasteiger charge is -2.01. The summed E-state index contributed by atoms with van der Waals surface area (Å²) in [7, 11) is 0. The van der Waals surface area contributed by atoms with Gasteiger partial charge < -0.3 is 4.74 Å². The molecule has 0 saturated carbocycles. The van der Waals surface area contributed by atoms with Crippen molar-refractivity contribution < 1.29 is 14.5 Å². The molecule has 0 aliphatic carbocycles. The minimum absolute atomic E-state index is 0.306. The number of hydrogen-bond donors (Lipinski definition) is 0. The van der Waals surface area contributed by atoms with Gasteiger partial charge in [-0.1, -0.05) is 26.2 Å². The second kappa shape index (κ2) is 6.40. The van der Waals surface area contributed by atoms with Gasteiger partial charge in [-0.25, -0.2) is 9.78 Å². The van der Waals surface area contributed by atoms with Crippen LogP contribution in [0.2, 0.25) is 0 Å². The van der Waals surface area contributed by atoms with Crippen molar-refractivity contribution in [1.82, 2.24) is 0 Å². The molecule has 72 valence electrons. The predicted octanol–water partition coefficient (Wildman–Crippen LogP) is 1.91. The zero-order valence-corrected chi connectivity index (χ0v) is 7.75. The number of hydrogen-bond acceptors (Lipinski definition) is 3. The summed E-state index contributed by atoms with van der Waals surface area (Å²) in [5, 5.41) is 0. The van der Waals surface area contributed by atoms with E-state index in [-0.39, 0.29) is 0 Å². The van der Waals surface area contributed by atoms with Crippen LogP contribution >= 0.6 is 0 Å². The second-order valence-electron chi connectivity index (χ2n) is 3.12. The Morgan fingerprint density at radius 2 is 2.08 bits per heavy atom. The highest BCUT2D eigenvalue weighted by atomic mass is 17.2. The Morgan fingerprint density at radius 3 is 2.75 bits per heavy atom. The molecule has 1 fully saturated rings. The molecule has 1 atom stereocenters. The van der Waals surface area contributed by atoms with Crippen LogP contribution in [-0.4, -0.2) is 25.9 Å². The zero-order chi connectivity index (χ0) is 8.65. The Morgan fingerprint density at radius 1 is 1.25 bits per heavy atom. The van der Waals surface area contributed by atoms with E-state index < -0.39 is 0 Å². The maximum absolute atomic E-state index is 4.95. The average molecular weight is 174 g/mol.